The van der Waals surface area contributed by atoms with Gasteiger partial charge in [-0.05, 0) is 25.7 Å². The summed E-state index contributed by atoms with van der Waals surface area (Å²) in [7, 11) is 0. The van der Waals surface area contributed by atoms with Crippen molar-refractivity contribution in [3.8, 4) is 0 Å². The average Bonchev–Trinajstić information content (AvgIpc) is 2.34. The van der Waals surface area contributed by atoms with Gasteiger partial charge < -0.3 is 11.5 Å². The van der Waals surface area contributed by atoms with Gasteiger partial charge in [-0.1, -0.05) is 52.4 Å². The van der Waals surface area contributed by atoms with Crippen LogP contribution in [0.5, 0.6) is 0 Å². The first-order valence-electron chi connectivity index (χ1n) is 7.30. The molecule has 0 heterocycles. The van der Waals surface area contributed by atoms with E-state index in [9.17, 15) is 0 Å². The molecule has 2 aliphatic rings. The van der Waals surface area contributed by atoms with Crippen LogP contribution in [-0.4, -0.2) is 12.1 Å². The summed E-state index contributed by atoms with van der Waals surface area (Å²) in [5.74, 6) is 0. The summed E-state index contributed by atoms with van der Waals surface area (Å²) in [5.41, 5.74) is 11.3. The maximum atomic E-state index is 5.63. The summed E-state index contributed by atoms with van der Waals surface area (Å²) in [6, 6.07) is 1.07. The molecular formula is C14H32N2. The SMILES string of the molecule is CC.NC1CCCCC1.NC1CCCCC1. The van der Waals surface area contributed by atoms with E-state index >= 15 is 0 Å². The molecule has 0 atom stereocenters. The topological polar surface area (TPSA) is 52.0 Å². The normalized spacial score (nSPS) is 22.5. The predicted molar refractivity (Wildman–Crippen MR) is 73.5 cm³/mol. The van der Waals surface area contributed by atoms with Gasteiger partial charge in [-0.2, -0.15) is 0 Å². The van der Waals surface area contributed by atoms with Gasteiger partial charge in [-0.25, -0.2) is 0 Å². The molecule has 16 heavy (non-hydrogen) atoms. The fourth-order valence-electron chi connectivity index (χ4n) is 2.27. The molecule has 0 spiro atoms. The lowest BCUT2D eigenvalue weighted by molar-refractivity contribution is 0.441. The number of hydrogen-bond donors (Lipinski definition) is 2. The summed E-state index contributed by atoms with van der Waals surface area (Å²) in [5, 5.41) is 0. The Kier molecular flexibility index (Phi) is 11.3. The smallest absolute Gasteiger partial charge is 0.00388 e. The zero-order chi connectivity index (χ0) is 12.2. The third-order valence-corrected chi connectivity index (χ3v) is 3.30. The average molecular weight is 228 g/mol. The first-order valence-corrected chi connectivity index (χ1v) is 7.30. The van der Waals surface area contributed by atoms with Gasteiger partial charge in [0.15, 0.2) is 0 Å². The Morgan fingerprint density at radius 1 is 0.562 bits per heavy atom. The molecule has 2 fully saturated rings. The molecule has 2 rings (SSSR count). The van der Waals surface area contributed by atoms with Gasteiger partial charge in [0.25, 0.3) is 0 Å². The summed E-state index contributed by atoms with van der Waals surface area (Å²) in [4.78, 5) is 0. The molecule has 2 nitrogen and oxygen atoms in total. The van der Waals surface area contributed by atoms with Gasteiger partial charge in [-0.3, -0.25) is 0 Å². The van der Waals surface area contributed by atoms with E-state index in [-0.39, 0.29) is 0 Å². The number of rotatable bonds is 0. The molecule has 0 saturated heterocycles. The van der Waals surface area contributed by atoms with Crippen LogP contribution in [-0.2, 0) is 0 Å². The summed E-state index contributed by atoms with van der Waals surface area (Å²) < 4.78 is 0. The lowest BCUT2D eigenvalue weighted by Gasteiger charge is -2.15. The monoisotopic (exact) mass is 228 g/mol. The van der Waals surface area contributed by atoms with Crippen molar-refractivity contribution in [2.45, 2.75) is 90.1 Å². The molecule has 2 aliphatic carbocycles. The van der Waals surface area contributed by atoms with E-state index in [0.29, 0.717) is 12.1 Å². The van der Waals surface area contributed by atoms with Crippen LogP contribution in [0.2, 0.25) is 0 Å². The molecule has 98 valence electrons. The summed E-state index contributed by atoms with van der Waals surface area (Å²) in [6.45, 7) is 4.00. The van der Waals surface area contributed by atoms with Gasteiger partial charge in [-0.15, -0.1) is 0 Å². The fourth-order valence-corrected chi connectivity index (χ4v) is 2.27. The summed E-state index contributed by atoms with van der Waals surface area (Å²) in [6.07, 6.45) is 13.3. The van der Waals surface area contributed by atoms with Gasteiger partial charge >= 0.3 is 0 Å². The van der Waals surface area contributed by atoms with Crippen LogP contribution in [0.1, 0.15) is 78.1 Å². The van der Waals surface area contributed by atoms with Crippen molar-refractivity contribution >= 4 is 0 Å². The van der Waals surface area contributed by atoms with Crippen LogP contribution in [0.25, 0.3) is 0 Å². The number of nitrogens with two attached hydrogens (primary N) is 2. The molecule has 0 aliphatic heterocycles. The van der Waals surface area contributed by atoms with Gasteiger partial charge in [0.2, 0.25) is 0 Å². The molecule has 2 heteroatoms. The third-order valence-electron chi connectivity index (χ3n) is 3.30. The summed E-state index contributed by atoms with van der Waals surface area (Å²) >= 11 is 0. The van der Waals surface area contributed by atoms with E-state index in [2.05, 4.69) is 0 Å². The second-order valence-corrected chi connectivity index (χ2v) is 4.80. The molecule has 0 radical (unpaired) electrons. The van der Waals surface area contributed by atoms with E-state index in [4.69, 9.17) is 11.5 Å². The zero-order valence-corrected chi connectivity index (χ0v) is 11.4. The van der Waals surface area contributed by atoms with E-state index in [1.165, 1.54) is 64.2 Å². The molecule has 0 unspecified atom stereocenters. The first-order chi connectivity index (χ1) is 7.79. The standard InChI is InChI=1S/2C6H13N.C2H6/c2*7-6-4-2-1-3-5-6;1-2/h2*6H,1-5,7H2;1-2H3. The van der Waals surface area contributed by atoms with E-state index in [1.807, 2.05) is 13.8 Å². The van der Waals surface area contributed by atoms with Crippen LogP contribution in [0.4, 0.5) is 0 Å². The minimum Gasteiger partial charge on any atom is -0.328 e. The molecule has 0 bridgehead atoms. The molecule has 0 aromatic rings. The molecule has 0 aromatic heterocycles. The van der Waals surface area contributed by atoms with E-state index < -0.39 is 0 Å². The van der Waals surface area contributed by atoms with E-state index in [0.717, 1.165) is 0 Å². The lowest BCUT2D eigenvalue weighted by atomic mass is 9.97. The second kappa shape index (κ2) is 11.4. The van der Waals surface area contributed by atoms with Crippen LogP contribution in [0.3, 0.4) is 0 Å². The third kappa shape index (κ3) is 9.17. The van der Waals surface area contributed by atoms with Crippen molar-refractivity contribution in [1.82, 2.24) is 0 Å². The molecule has 0 aromatic carbocycles. The van der Waals surface area contributed by atoms with Crippen LogP contribution < -0.4 is 11.5 Å². The maximum Gasteiger partial charge on any atom is 0.00388 e. The molecule has 0 amide bonds. The highest BCUT2D eigenvalue weighted by Gasteiger charge is 2.06. The Bertz CT molecular complexity index is 109. The van der Waals surface area contributed by atoms with Crippen molar-refractivity contribution < 1.29 is 0 Å². The van der Waals surface area contributed by atoms with Crippen molar-refractivity contribution in [2.24, 2.45) is 11.5 Å². The van der Waals surface area contributed by atoms with Crippen molar-refractivity contribution in [3.05, 3.63) is 0 Å². The van der Waals surface area contributed by atoms with Gasteiger partial charge in [0, 0.05) is 12.1 Å². The molecule has 2 saturated carbocycles. The van der Waals surface area contributed by atoms with Crippen molar-refractivity contribution in [1.29, 1.82) is 0 Å². The second-order valence-electron chi connectivity index (χ2n) is 4.80. The van der Waals surface area contributed by atoms with Gasteiger partial charge in [0.05, 0.1) is 0 Å². The van der Waals surface area contributed by atoms with Crippen LogP contribution in [0, 0.1) is 0 Å². The van der Waals surface area contributed by atoms with Gasteiger partial charge in [0.1, 0.15) is 0 Å². The Balaban J connectivity index is 0.000000244. The fraction of sp³-hybridized carbons (Fsp3) is 1.00. The quantitative estimate of drug-likeness (QED) is 0.666. The minimum absolute atomic E-state index is 0.536. The van der Waals surface area contributed by atoms with Crippen molar-refractivity contribution in [3.63, 3.8) is 0 Å². The Morgan fingerprint density at radius 3 is 0.938 bits per heavy atom. The first kappa shape index (κ1) is 15.9. The highest BCUT2D eigenvalue weighted by Crippen LogP contribution is 2.15. The van der Waals surface area contributed by atoms with Crippen molar-refractivity contribution in [2.75, 3.05) is 0 Å². The Hall–Kier alpha value is -0.0800. The van der Waals surface area contributed by atoms with E-state index in [1.54, 1.807) is 0 Å². The van der Waals surface area contributed by atoms with Crippen LogP contribution in [0.15, 0.2) is 0 Å². The zero-order valence-electron chi connectivity index (χ0n) is 11.4. The molecule has 4 N–H and O–H groups in total. The minimum atomic E-state index is 0.536. The Morgan fingerprint density at radius 2 is 0.812 bits per heavy atom. The highest BCUT2D eigenvalue weighted by molar-refractivity contribution is 4.66. The largest absolute Gasteiger partial charge is 0.328 e. The van der Waals surface area contributed by atoms with Crippen LogP contribution >= 0.6 is 0 Å². The number of hydrogen-bond acceptors (Lipinski definition) is 2. The molecular weight excluding hydrogens is 196 g/mol. The maximum absolute atomic E-state index is 5.63. The predicted octanol–water partition coefficient (Wildman–Crippen LogP) is 3.58. The lowest BCUT2D eigenvalue weighted by Crippen LogP contribution is -2.22. The highest BCUT2D eigenvalue weighted by atomic mass is 14.6. The Labute approximate surface area is 102 Å².